The van der Waals surface area contributed by atoms with E-state index in [1.165, 1.54) is 12.1 Å². The Bertz CT molecular complexity index is 754. The fourth-order valence-electron chi connectivity index (χ4n) is 2.08. The normalized spacial score (nSPS) is 11.5. The summed E-state index contributed by atoms with van der Waals surface area (Å²) in [5.74, 6) is -0.341. The lowest BCUT2D eigenvalue weighted by Crippen LogP contribution is -2.27. The quantitative estimate of drug-likeness (QED) is 0.529. The molecule has 0 saturated carbocycles. The second kappa shape index (κ2) is 9.54. The average Bonchev–Trinajstić information content (AvgIpc) is 2.60. The predicted octanol–water partition coefficient (Wildman–Crippen LogP) is 4.15. The molecule has 0 unspecified atom stereocenters. The Morgan fingerprint density at radius 2 is 1.93 bits per heavy atom. The van der Waals surface area contributed by atoms with E-state index in [2.05, 4.69) is 15.0 Å². The molecule has 0 saturated heterocycles. The minimum absolute atomic E-state index is 0.0342. The number of thioether (sulfide) groups is 1. The number of hydrogen-bond acceptors (Lipinski definition) is 4. The van der Waals surface area contributed by atoms with Gasteiger partial charge in [-0.15, -0.1) is 0 Å². The van der Waals surface area contributed by atoms with Crippen molar-refractivity contribution in [2.24, 2.45) is 0 Å². The molecule has 0 atom stereocenters. The predicted molar refractivity (Wildman–Crippen MR) is 89.8 cm³/mol. The number of alkyl halides is 5. The molecule has 1 N–H and O–H groups in total. The molecule has 10 heteroatoms. The summed E-state index contributed by atoms with van der Waals surface area (Å²) in [6, 6.07) is 8.35. The number of pyridine rings is 1. The van der Waals surface area contributed by atoms with Crippen LogP contribution in [0.3, 0.4) is 0 Å². The number of halogens is 5. The van der Waals surface area contributed by atoms with Crippen LogP contribution in [0.15, 0.2) is 47.6 Å². The molecule has 0 bridgehead atoms. The number of para-hydroxylation sites is 1. The van der Waals surface area contributed by atoms with E-state index in [9.17, 15) is 26.7 Å². The third-order valence-corrected chi connectivity index (χ3v) is 4.26. The van der Waals surface area contributed by atoms with Gasteiger partial charge in [0.05, 0.1) is 16.3 Å². The van der Waals surface area contributed by atoms with Crippen LogP contribution >= 0.6 is 11.8 Å². The lowest BCUT2D eigenvalue weighted by atomic mass is 10.1. The number of carbonyl (C=O) groups excluding carboxylic acids is 1. The van der Waals surface area contributed by atoms with E-state index in [1.54, 1.807) is 18.2 Å². The van der Waals surface area contributed by atoms with Gasteiger partial charge in [0, 0.05) is 12.7 Å². The SMILES string of the molecule is O=C(CSc1ccc(C(F)(F)F)cn1)NCCc1ccccc1OC(F)F. The topological polar surface area (TPSA) is 51.2 Å². The van der Waals surface area contributed by atoms with Gasteiger partial charge in [-0.05, 0) is 30.2 Å². The highest BCUT2D eigenvalue weighted by Crippen LogP contribution is 2.29. The van der Waals surface area contributed by atoms with Crippen molar-refractivity contribution < 1.29 is 31.5 Å². The highest BCUT2D eigenvalue weighted by molar-refractivity contribution is 7.99. The summed E-state index contributed by atoms with van der Waals surface area (Å²) in [4.78, 5) is 15.5. The smallest absolute Gasteiger partial charge is 0.417 e. The number of hydrogen-bond donors (Lipinski definition) is 1. The van der Waals surface area contributed by atoms with E-state index in [4.69, 9.17) is 0 Å². The maximum atomic E-state index is 12.4. The van der Waals surface area contributed by atoms with Gasteiger partial charge in [-0.2, -0.15) is 22.0 Å². The summed E-state index contributed by atoms with van der Waals surface area (Å²) in [6.45, 7) is -2.74. The lowest BCUT2D eigenvalue weighted by Gasteiger charge is -2.11. The summed E-state index contributed by atoms with van der Waals surface area (Å²) >= 11 is 0.991. The molecule has 0 spiro atoms. The number of rotatable bonds is 8. The van der Waals surface area contributed by atoms with Gasteiger partial charge in [0.2, 0.25) is 5.91 Å². The number of benzene rings is 1. The van der Waals surface area contributed by atoms with E-state index >= 15 is 0 Å². The molecule has 27 heavy (non-hydrogen) atoms. The molecule has 146 valence electrons. The van der Waals surface area contributed by atoms with Crippen molar-refractivity contribution >= 4 is 17.7 Å². The summed E-state index contributed by atoms with van der Waals surface area (Å²) < 4.78 is 66.4. The fourth-order valence-corrected chi connectivity index (χ4v) is 2.75. The molecule has 1 aromatic carbocycles. The number of aromatic nitrogens is 1. The van der Waals surface area contributed by atoms with Gasteiger partial charge >= 0.3 is 12.8 Å². The lowest BCUT2D eigenvalue weighted by molar-refractivity contribution is -0.137. The van der Waals surface area contributed by atoms with Gasteiger partial charge < -0.3 is 10.1 Å². The second-order valence-corrected chi connectivity index (χ2v) is 6.25. The number of ether oxygens (including phenoxy) is 1. The van der Waals surface area contributed by atoms with Crippen molar-refractivity contribution in [1.82, 2.24) is 10.3 Å². The maximum absolute atomic E-state index is 12.4. The van der Waals surface area contributed by atoms with E-state index in [1.807, 2.05) is 0 Å². The van der Waals surface area contributed by atoms with Crippen LogP contribution in [0, 0.1) is 0 Å². The third-order valence-electron chi connectivity index (χ3n) is 3.32. The Kier molecular flexibility index (Phi) is 7.40. The average molecular weight is 406 g/mol. The minimum Gasteiger partial charge on any atom is -0.435 e. The van der Waals surface area contributed by atoms with Crippen LogP contribution in [0.5, 0.6) is 5.75 Å². The van der Waals surface area contributed by atoms with Crippen molar-refractivity contribution in [2.45, 2.75) is 24.2 Å². The van der Waals surface area contributed by atoms with Gasteiger partial charge in [0.25, 0.3) is 0 Å². The van der Waals surface area contributed by atoms with Crippen LogP contribution in [-0.2, 0) is 17.4 Å². The molecule has 2 aromatic rings. The van der Waals surface area contributed by atoms with E-state index in [0.717, 1.165) is 17.8 Å². The number of amides is 1. The molecule has 0 aliphatic heterocycles. The standard InChI is InChI=1S/C17H15F5N2O2S/c18-16(19)26-13-4-2-1-3-11(13)7-8-23-14(25)10-27-15-6-5-12(9-24-15)17(20,21)22/h1-6,9,16H,7-8,10H2,(H,23,25). The first-order valence-corrected chi connectivity index (χ1v) is 8.69. The highest BCUT2D eigenvalue weighted by Gasteiger charge is 2.30. The van der Waals surface area contributed by atoms with Crippen molar-refractivity contribution in [3.63, 3.8) is 0 Å². The monoisotopic (exact) mass is 406 g/mol. The first-order valence-electron chi connectivity index (χ1n) is 7.71. The Labute approximate surface area is 156 Å². The van der Waals surface area contributed by atoms with Crippen LogP contribution in [0.4, 0.5) is 22.0 Å². The van der Waals surface area contributed by atoms with E-state index in [-0.39, 0.29) is 35.4 Å². The molecule has 0 aliphatic carbocycles. The van der Waals surface area contributed by atoms with Gasteiger partial charge in [0.1, 0.15) is 5.75 Å². The zero-order chi connectivity index (χ0) is 19.9. The molecule has 4 nitrogen and oxygen atoms in total. The van der Waals surface area contributed by atoms with Crippen LogP contribution in [0.2, 0.25) is 0 Å². The van der Waals surface area contributed by atoms with E-state index in [0.29, 0.717) is 11.8 Å². The van der Waals surface area contributed by atoms with Crippen molar-refractivity contribution in [3.05, 3.63) is 53.7 Å². The third kappa shape index (κ3) is 7.05. The van der Waals surface area contributed by atoms with Gasteiger partial charge in [-0.1, -0.05) is 30.0 Å². The van der Waals surface area contributed by atoms with Gasteiger partial charge in [-0.25, -0.2) is 4.98 Å². The van der Waals surface area contributed by atoms with Crippen molar-refractivity contribution in [3.8, 4) is 5.75 Å². The first-order chi connectivity index (χ1) is 12.8. The molecule has 0 fully saturated rings. The van der Waals surface area contributed by atoms with E-state index < -0.39 is 18.4 Å². The number of carbonyl (C=O) groups is 1. The number of nitrogens with zero attached hydrogens (tertiary/aromatic N) is 1. The highest BCUT2D eigenvalue weighted by atomic mass is 32.2. The molecular weight excluding hydrogens is 391 g/mol. The zero-order valence-corrected chi connectivity index (χ0v) is 14.6. The summed E-state index contributed by atoms with van der Waals surface area (Å²) in [7, 11) is 0. The molecule has 0 aliphatic rings. The Balaban J connectivity index is 1.77. The van der Waals surface area contributed by atoms with Crippen molar-refractivity contribution in [1.29, 1.82) is 0 Å². The number of nitrogens with one attached hydrogen (secondary N) is 1. The summed E-state index contributed by atoms with van der Waals surface area (Å²) in [5.41, 5.74) is -0.337. The van der Waals surface area contributed by atoms with Crippen LogP contribution in [0.25, 0.3) is 0 Å². The van der Waals surface area contributed by atoms with Crippen LogP contribution in [-0.4, -0.2) is 29.8 Å². The Morgan fingerprint density at radius 1 is 1.19 bits per heavy atom. The molecule has 1 amide bonds. The summed E-state index contributed by atoms with van der Waals surface area (Å²) in [6.07, 6.45) is -3.46. The Morgan fingerprint density at radius 3 is 2.56 bits per heavy atom. The zero-order valence-electron chi connectivity index (χ0n) is 13.8. The summed E-state index contributed by atoms with van der Waals surface area (Å²) in [5, 5.41) is 2.89. The largest absolute Gasteiger partial charge is 0.435 e. The second-order valence-electron chi connectivity index (χ2n) is 5.26. The van der Waals surface area contributed by atoms with Crippen molar-refractivity contribution in [2.75, 3.05) is 12.3 Å². The maximum Gasteiger partial charge on any atom is 0.417 e. The fraction of sp³-hybridized carbons (Fsp3) is 0.294. The molecule has 1 heterocycles. The Hall–Kier alpha value is -2.36. The molecule has 0 radical (unpaired) electrons. The molecular formula is C17H15F5N2O2S. The molecule has 1 aromatic heterocycles. The van der Waals surface area contributed by atoms with Gasteiger partial charge in [0.15, 0.2) is 0 Å². The van der Waals surface area contributed by atoms with Crippen LogP contribution in [0.1, 0.15) is 11.1 Å². The molecule has 2 rings (SSSR count). The van der Waals surface area contributed by atoms with Gasteiger partial charge in [-0.3, -0.25) is 4.79 Å². The van der Waals surface area contributed by atoms with Crippen LogP contribution < -0.4 is 10.1 Å². The minimum atomic E-state index is -4.46. The first kappa shape index (κ1) is 20.9.